The Morgan fingerprint density at radius 1 is 1.03 bits per heavy atom. The van der Waals surface area contributed by atoms with Crippen LogP contribution in [0.2, 0.25) is 0 Å². The zero-order valence-corrected chi connectivity index (χ0v) is 17.6. The van der Waals surface area contributed by atoms with Crippen LogP contribution in [0.5, 0.6) is 0 Å². The minimum atomic E-state index is -0.0687. The van der Waals surface area contributed by atoms with Crippen molar-refractivity contribution in [2.24, 2.45) is 0 Å². The number of para-hydroxylation sites is 1. The molecule has 0 bridgehead atoms. The Bertz CT molecular complexity index is 1130. The molecule has 4 rings (SSSR count). The molecule has 2 aromatic carbocycles. The summed E-state index contributed by atoms with van der Waals surface area (Å²) in [5, 5.41) is 0.698. The van der Waals surface area contributed by atoms with Gasteiger partial charge in [0.15, 0.2) is 5.13 Å². The van der Waals surface area contributed by atoms with Gasteiger partial charge in [0, 0.05) is 11.8 Å². The van der Waals surface area contributed by atoms with Crippen molar-refractivity contribution in [3.05, 3.63) is 89.2 Å². The van der Waals surface area contributed by atoms with Crippen LogP contribution in [0.1, 0.15) is 46.9 Å². The molecule has 0 aliphatic carbocycles. The summed E-state index contributed by atoms with van der Waals surface area (Å²) in [7, 11) is 0. The van der Waals surface area contributed by atoms with Crippen molar-refractivity contribution in [1.29, 1.82) is 0 Å². The van der Waals surface area contributed by atoms with Crippen LogP contribution in [0.15, 0.2) is 66.9 Å². The first kappa shape index (κ1) is 19.3. The molecule has 4 nitrogen and oxygen atoms in total. The highest BCUT2D eigenvalue weighted by Gasteiger charge is 2.23. The summed E-state index contributed by atoms with van der Waals surface area (Å²) in [4.78, 5) is 24.5. The summed E-state index contributed by atoms with van der Waals surface area (Å²) in [5.74, 6) is 0.298. The number of hydrogen-bond acceptors (Lipinski definition) is 4. The molecule has 146 valence electrons. The lowest BCUT2D eigenvalue weighted by molar-refractivity contribution is 0.0985. The maximum absolute atomic E-state index is 13.4. The normalized spacial score (nSPS) is 11.2. The number of carbonyl (C=O) groups is 1. The van der Waals surface area contributed by atoms with Gasteiger partial charge in [0.25, 0.3) is 5.91 Å². The molecule has 1 amide bonds. The second-order valence-corrected chi connectivity index (χ2v) is 8.43. The maximum atomic E-state index is 13.4. The number of thiazole rings is 1. The van der Waals surface area contributed by atoms with Crippen molar-refractivity contribution in [3.8, 4) is 0 Å². The smallest absolute Gasteiger partial charge is 0.260 e. The predicted molar refractivity (Wildman–Crippen MR) is 120 cm³/mol. The number of pyridine rings is 1. The fraction of sp³-hybridized carbons (Fsp3) is 0.208. The Kier molecular flexibility index (Phi) is 5.41. The van der Waals surface area contributed by atoms with Gasteiger partial charge in [0.05, 0.1) is 22.5 Å². The van der Waals surface area contributed by atoms with Crippen LogP contribution in [0, 0.1) is 6.92 Å². The lowest BCUT2D eigenvalue weighted by Crippen LogP contribution is -2.30. The van der Waals surface area contributed by atoms with Crippen LogP contribution in [-0.4, -0.2) is 15.9 Å². The molecule has 0 spiro atoms. The highest BCUT2D eigenvalue weighted by Crippen LogP contribution is 2.34. The first-order chi connectivity index (χ1) is 14.0. The van der Waals surface area contributed by atoms with Gasteiger partial charge < -0.3 is 0 Å². The van der Waals surface area contributed by atoms with Crippen LogP contribution in [-0.2, 0) is 6.54 Å². The minimum Gasteiger partial charge on any atom is -0.278 e. The predicted octanol–water partition coefficient (Wildman–Crippen LogP) is 5.97. The number of nitrogens with zero attached hydrogens (tertiary/aromatic N) is 3. The average molecular weight is 402 g/mol. The number of rotatable bonds is 5. The third kappa shape index (κ3) is 4.05. The van der Waals surface area contributed by atoms with Crippen LogP contribution in [0.3, 0.4) is 0 Å². The van der Waals surface area contributed by atoms with E-state index >= 15 is 0 Å². The first-order valence-electron chi connectivity index (χ1n) is 9.71. The van der Waals surface area contributed by atoms with Gasteiger partial charge in [-0.2, -0.15) is 0 Å². The number of aromatic nitrogens is 2. The van der Waals surface area contributed by atoms with E-state index in [4.69, 9.17) is 4.98 Å². The van der Waals surface area contributed by atoms with Crippen LogP contribution in [0.4, 0.5) is 5.13 Å². The van der Waals surface area contributed by atoms with E-state index < -0.39 is 0 Å². The Morgan fingerprint density at radius 2 is 1.83 bits per heavy atom. The molecule has 5 heteroatoms. The molecule has 2 aromatic heterocycles. The number of carbonyl (C=O) groups excluding carboxylic acids is 1. The molecule has 0 saturated heterocycles. The van der Waals surface area contributed by atoms with Crippen molar-refractivity contribution < 1.29 is 4.79 Å². The van der Waals surface area contributed by atoms with Gasteiger partial charge in [0.1, 0.15) is 0 Å². The van der Waals surface area contributed by atoms with Gasteiger partial charge in [-0.25, -0.2) is 4.98 Å². The molecular weight excluding hydrogens is 378 g/mol. The minimum absolute atomic E-state index is 0.0687. The standard InChI is InChI=1S/C24H23N3OS/c1-16(2)20-8-6-9-21-22(20)26-24(29-21)27(15-19-7-4-5-14-25-19)23(28)18-12-10-17(3)11-13-18/h4-14,16H,15H2,1-3H3. The van der Waals surface area contributed by atoms with Crippen molar-refractivity contribution in [3.63, 3.8) is 0 Å². The average Bonchev–Trinajstić information content (AvgIpc) is 3.16. The Balaban J connectivity index is 1.79. The van der Waals surface area contributed by atoms with E-state index in [0.717, 1.165) is 21.5 Å². The SMILES string of the molecule is Cc1ccc(C(=O)N(Cc2ccccn2)c2nc3c(C(C)C)cccc3s2)cc1. The molecular formula is C24H23N3OS. The first-order valence-corrected chi connectivity index (χ1v) is 10.5. The zero-order chi connectivity index (χ0) is 20.4. The van der Waals surface area contributed by atoms with E-state index in [0.29, 0.717) is 23.2 Å². The van der Waals surface area contributed by atoms with Crippen LogP contribution >= 0.6 is 11.3 Å². The molecule has 0 radical (unpaired) electrons. The van der Waals surface area contributed by atoms with E-state index in [1.807, 2.05) is 49.4 Å². The largest absolute Gasteiger partial charge is 0.278 e. The molecule has 4 aromatic rings. The Hall–Kier alpha value is -3.05. The van der Waals surface area contributed by atoms with Crippen molar-refractivity contribution in [2.45, 2.75) is 33.2 Å². The van der Waals surface area contributed by atoms with E-state index in [1.165, 1.54) is 5.56 Å². The van der Waals surface area contributed by atoms with E-state index in [9.17, 15) is 4.79 Å². The second kappa shape index (κ2) is 8.13. The summed E-state index contributed by atoms with van der Waals surface area (Å²) in [6.07, 6.45) is 1.75. The lowest BCUT2D eigenvalue weighted by Gasteiger charge is -2.19. The Morgan fingerprint density at radius 3 is 2.52 bits per heavy atom. The number of aryl methyl sites for hydroxylation is 1. The summed E-state index contributed by atoms with van der Waals surface area (Å²) >= 11 is 1.55. The van der Waals surface area contributed by atoms with E-state index in [1.54, 1.807) is 22.4 Å². The molecule has 0 aliphatic heterocycles. The molecule has 29 heavy (non-hydrogen) atoms. The van der Waals surface area contributed by atoms with Gasteiger partial charge in [-0.3, -0.25) is 14.7 Å². The molecule has 0 saturated carbocycles. The molecule has 0 N–H and O–H groups in total. The monoisotopic (exact) mass is 401 g/mol. The molecule has 2 heterocycles. The summed E-state index contributed by atoms with van der Waals surface area (Å²) in [6.45, 7) is 6.72. The van der Waals surface area contributed by atoms with Gasteiger partial charge in [-0.05, 0) is 48.7 Å². The van der Waals surface area contributed by atoms with Crippen molar-refractivity contribution in [2.75, 3.05) is 4.90 Å². The summed E-state index contributed by atoms with van der Waals surface area (Å²) in [5.41, 5.74) is 4.78. The Labute approximate surface area is 174 Å². The highest BCUT2D eigenvalue weighted by atomic mass is 32.1. The van der Waals surface area contributed by atoms with Gasteiger partial charge >= 0.3 is 0 Å². The summed E-state index contributed by atoms with van der Waals surface area (Å²) < 4.78 is 1.09. The van der Waals surface area contributed by atoms with Crippen molar-refractivity contribution in [1.82, 2.24) is 9.97 Å². The lowest BCUT2D eigenvalue weighted by atomic mass is 10.0. The molecule has 0 unspecified atom stereocenters. The van der Waals surface area contributed by atoms with Crippen LogP contribution < -0.4 is 4.90 Å². The van der Waals surface area contributed by atoms with Crippen LogP contribution in [0.25, 0.3) is 10.2 Å². The third-order valence-electron chi connectivity index (χ3n) is 4.88. The number of anilines is 1. The third-order valence-corrected chi connectivity index (χ3v) is 5.93. The molecule has 0 fully saturated rings. The number of hydrogen-bond donors (Lipinski definition) is 0. The van der Waals surface area contributed by atoms with Crippen molar-refractivity contribution >= 4 is 32.6 Å². The quantitative estimate of drug-likeness (QED) is 0.414. The maximum Gasteiger partial charge on any atom is 0.260 e. The fourth-order valence-corrected chi connectivity index (χ4v) is 4.27. The molecule has 0 aliphatic rings. The van der Waals surface area contributed by atoms with Gasteiger partial charge in [-0.15, -0.1) is 0 Å². The topological polar surface area (TPSA) is 46.1 Å². The number of amides is 1. The van der Waals surface area contributed by atoms with E-state index in [-0.39, 0.29) is 5.91 Å². The summed E-state index contributed by atoms with van der Waals surface area (Å²) in [6, 6.07) is 19.6. The number of benzene rings is 2. The number of fused-ring (bicyclic) bond motifs is 1. The van der Waals surface area contributed by atoms with Gasteiger partial charge in [-0.1, -0.05) is 61.1 Å². The van der Waals surface area contributed by atoms with E-state index in [2.05, 4.69) is 37.0 Å². The zero-order valence-electron chi connectivity index (χ0n) is 16.8. The molecule has 0 atom stereocenters. The fourth-order valence-electron chi connectivity index (χ4n) is 3.27. The second-order valence-electron chi connectivity index (χ2n) is 7.42. The highest BCUT2D eigenvalue weighted by molar-refractivity contribution is 7.22. The van der Waals surface area contributed by atoms with Gasteiger partial charge in [0.2, 0.25) is 0 Å².